The molecule has 0 spiro atoms. The van der Waals surface area contributed by atoms with Crippen molar-refractivity contribution in [2.45, 2.75) is 0 Å². The first-order valence-electron chi connectivity index (χ1n) is 18.1. The molecule has 256 valence electrons. The molecule has 6 heteroatoms. The van der Waals surface area contributed by atoms with Gasteiger partial charge in [0.15, 0.2) is 11.6 Å². The molecular weight excluding hydrogens is 661 g/mol. The second-order valence-electron chi connectivity index (χ2n) is 13.3. The van der Waals surface area contributed by atoms with Crippen LogP contribution < -0.4 is 9.80 Å². The van der Waals surface area contributed by atoms with Crippen molar-refractivity contribution in [1.29, 1.82) is 0 Å². The Morgan fingerprint density at radius 2 is 0.944 bits per heavy atom. The first kappa shape index (κ1) is 31.4. The molecule has 4 heterocycles. The number of hydrogen-bond donors (Lipinski definition) is 0. The predicted octanol–water partition coefficient (Wildman–Crippen LogP) is 11.2. The van der Waals surface area contributed by atoms with E-state index in [0.29, 0.717) is 6.67 Å². The van der Waals surface area contributed by atoms with E-state index < -0.39 is 0 Å². The molecule has 0 unspecified atom stereocenters. The molecule has 6 nitrogen and oxygen atoms in total. The summed E-state index contributed by atoms with van der Waals surface area (Å²) in [5, 5.41) is 2.38. The molecular formula is C48H34N6. The predicted molar refractivity (Wildman–Crippen MR) is 221 cm³/mol. The topological polar surface area (TPSA) is 50.1 Å². The third kappa shape index (κ3) is 5.40. The molecule has 0 N–H and O–H groups in total. The maximum Gasteiger partial charge on any atom is 0.178 e. The summed E-state index contributed by atoms with van der Waals surface area (Å²) in [6.07, 6.45) is 5.40. The summed E-state index contributed by atoms with van der Waals surface area (Å²) in [6, 6.07) is 62.3. The summed E-state index contributed by atoms with van der Waals surface area (Å²) < 4.78 is 2.28. The van der Waals surface area contributed by atoms with Crippen molar-refractivity contribution in [3.63, 3.8) is 0 Å². The van der Waals surface area contributed by atoms with E-state index in [9.17, 15) is 0 Å². The van der Waals surface area contributed by atoms with Crippen LogP contribution in [0.3, 0.4) is 0 Å². The van der Waals surface area contributed by atoms with Gasteiger partial charge in [0.25, 0.3) is 0 Å². The van der Waals surface area contributed by atoms with Crippen molar-refractivity contribution in [3.05, 3.63) is 217 Å². The van der Waals surface area contributed by atoms with Crippen molar-refractivity contribution in [1.82, 2.24) is 19.5 Å². The fourth-order valence-corrected chi connectivity index (χ4v) is 7.80. The molecule has 0 saturated heterocycles. The van der Waals surface area contributed by atoms with Crippen LogP contribution in [0.5, 0.6) is 0 Å². The van der Waals surface area contributed by atoms with Gasteiger partial charge in [0.05, 0.1) is 11.0 Å². The average Bonchev–Trinajstić information content (AvgIpc) is 3.80. The molecule has 0 radical (unpaired) electrons. The highest BCUT2D eigenvalue weighted by molar-refractivity contribution is 6.12. The molecule has 9 aromatic rings. The van der Waals surface area contributed by atoms with E-state index in [1.54, 1.807) is 12.4 Å². The third-order valence-corrected chi connectivity index (χ3v) is 10.2. The lowest BCUT2D eigenvalue weighted by Gasteiger charge is -2.23. The van der Waals surface area contributed by atoms with Crippen molar-refractivity contribution in [2.75, 3.05) is 16.5 Å². The number of pyridine rings is 1. The zero-order valence-corrected chi connectivity index (χ0v) is 29.4. The molecule has 54 heavy (non-hydrogen) atoms. The maximum absolute atomic E-state index is 4.85. The van der Waals surface area contributed by atoms with Crippen LogP contribution in [-0.4, -0.2) is 26.2 Å². The molecule has 0 atom stereocenters. The molecule has 3 aromatic heterocycles. The second-order valence-corrected chi connectivity index (χ2v) is 13.3. The minimum Gasteiger partial charge on any atom is -0.305 e. The quantitative estimate of drug-likeness (QED) is 0.155. The lowest BCUT2D eigenvalue weighted by molar-refractivity contribution is 0.976. The van der Waals surface area contributed by atoms with E-state index in [4.69, 9.17) is 15.0 Å². The number of nitrogens with zero attached hydrogens (tertiary/aromatic N) is 6. The Morgan fingerprint density at radius 1 is 0.389 bits per heavy atom. The number of fused-ring (bicyclic) bond motifs is 4. The number of hydrogen-bond acceptors (Lipinski definition) is 5. The number of rotatable bonds is 7. The van der Waals surface area contributed by atoms with Gasteiger partial charge in [-0.15, -0.1) is 0 Å². The van der Waals surface area contributed by atoms with Gasteiger partial charge in [-0.25, -0.2) is 15.0 Å². The molecule has 0 aliphatic carbocycles. The van der Waals surface area contributed by atoms with E-state index in [0.717, 1.165) is 73.3 Å². The Kier molecular flexibility index (Phi) is 7.77. The molecule has 10 rings (SSSR count). The summed E-state index contributed by atoms with van der Waals surface area (Å²) in [5.74, 6) is 2.56. The van der Waals surface area contributed by atoms with Gasteiger partial charge in [-0.1, -0.05) is 127 Å². The fourth-order valence-electron chi connectivity index (χ4n) is 7.80. The van der Waals surface area contributed by atoms with Crippen LogP contribution in [0.2, 0.25) is 0 Å². The van der Waals surface area contributed by atoms with Gasteiger partial charge in [-0.3, -0.25) is 4.57 Å². The fraction of sp³-hybridized carbons (Fsp3) is 0.0208. The molecule has 0 saturated carbocycles. The van der Waals surface area contributed by atoms with Crippen LogP contribution in [0.25, 0.3) is 38.8 Å². The van der Waals surface area contributed by atoms with Crippen LogP contribution in [0, 0.1) is 0 Å². The van der Waals surface area contributed by atoms with Crippen molar-refractivity contribution >= 4 is 56.0 Å². The second kappa shape index (κ2) is 13.3. The van der Waals surface area contributed by atoms with E-state index in [-0.39, 0.29) is 0 Å². The van der Waals surface area contributed by atoms with Gasteiger partial charge in [-0.05, 0) is 81.9 Å². The molecule has 0 fully saturated rings. The van der Waals surface area contributed by atoms with E-state index in [2.05, 4.69) is 172 Å². The Balaban J connectivity index is 1.22. The highest BCUT2D eigenvalue weighted by Gasteiger charge is 2.31. The zero-order chi connectivity index (χ0) is 35.8. The molecule has 1 aliphatic rings. The Hall–Kier alpha value is -7.31. The average molecular weight is 695 g/mol. The van der Waals surface area contributed by atoms with Crippen LogP contribution in [0.4, 0.5) is 23.0 Å². The van der Waals surface area contributed by atoms with Gasteiger partial charge < -0.3 is 9.80 Å². The number of aromatic nitrogens is 4. The smallest absolute Gasteiger partial charge is 0.178 e. The van der Waals surface area contributed by atoms with E-state index in [1.807, 2.05) is 24.4 Å². The van der Waals surface area contributed by atoms with Gasteiger partial charge in [0.2, 0.25) is 0 Å². The summed E-state index contributed by atoms with van der Waals surface area (Å²) >= 11 is 0. The summed E-state index contributed by atoms with van der Waals surface area (Å²) in [6.45, 7) is 0.590. The monoisotopic (exact) mass is 694 g/mol. The summed E-state index contributed by atoms with van der Waals surface area (Å²) in [4.78, 5) is 18.9. The summed E-state index contributed by atoms with van der Waals surface area (Å²) in [5.41, 5.74) is 11.1. The SMILES string of the molecule is c1ccc(C(=C(c2cccc(N3CN(c4ccccc4)c4nccnc43)c2)c2ccc3c4ccccc4n(-c4ccccn4)c3c2)c2ccccc2)cc1. The highest BCUT2D eigenvalue weighted by Crippen LogP contribution is 2.44. The maximum atomic E-state index is 4.85. The van der Waals surface area contributed by atoms with Crippen molar-refractivity contribution in [3.8, 4) is 5.82 Å². The van der Waals surface area contributed by atoms with Gasteiger partial charge in [0.1, 0.15) is 12.5 Å². The largest absolute Gasteiger partial charge is 0.305 e. The lowest BCUT2D eigenvalue weighted by atomic mass is 9.85. The normalized spacial score (nSPS) is 12.3. The lowest BCUT2D eigenvalue weighted by Crippen LogP contribution is -2.24. The zero-order valence-electron chi connectivity index (χ0n) is 29.4. The Bertz CT molecular complexity index is 2750. The van der Waals surface area contributed by atoms with Crippen LogP contribution in [0.15, 0.2) is 195 Å². The van der Waals surface area contributed by atoms with Gasteiger partial charge in [0, 0.05) is 40.7 Å². The number of anilines is 4. The van der Waals surface area contributed by atoms with Crippen molar-refractivity contribution < 1.29 is 0 Å². The third-order valence-electron chi connectivity index (χ3n) is 10.2. The van der Waals surface area contributed by atoms with Crippen LogP contribution in [0.1, 0.15) is 22.3 Å². The Morgan fingerprint density at radius 3 is 1.65 bits per heavy atom. The molecule has 6 aromatic carbocycles. The Labute approximate surface area is 313 Å². The van der Waals surface area contributed by atoms with Crippen LogP contribution in [-0.2, 0) is 0 Å². The summed E-state index contributed by atoms with van der Waals surface area (Å²) in [7, 11) is 0. The minimum absolute atomic E-state index is 0.590. The van der Waals surface area contributed by atoms with E-state index >= 15 is 0 Å². The highest BCUT2D eigenvalue weighted by atomic mass is 15.4. The molecule has 0 amide bonds. The number of benzene rings is 6. The molecule has 0 bridgehead atoms. The van der Waals surface area contributed by atoms with Crippen molar-refractivity contribution in [2.24, 2.45) is 0 Å². The van der Waals surface area contributed by atoms with Gasteiger partial charge in [-0.2, -0.15) is 0 Å². The van der Waals surface area contributed by atoms with Gasteiger partial charge >= 0.3 is 0 Å². The van der Waals surface area contributed by atoms with E-state index in [1.165, 1.54) is 10.8 Å². The van der Waals surface area contributed by atoms with Crippen LogP contribution >= 0.6 is 0 Å². The first-order chi connectivity index (χ1) is 26.8. The standard InChI is InChI=1S/C48H34N6/c1-4-15-34(16-5-1)45(35-17-6-2-7-18-35)46(37-26-27-41-40-23-10-11-24-42(40)54(43(41)32-37)44-25-12-13-28-49-44)36-19-14-22-39(31-36)53-33-52(38-20-8-3-9-21-38)47-48(53)51-30-29-50-47/h1-32H,33H2. The molecule has 1 aliphatic heterocycles. The number of para-hydroxylation sites is 2. The minimum atomic E-state index is 0.590. The first-order valence-corrected chi connectivity index (χ1v) is 18.1.